The first-order valence-electron chi connectivity index (χ1n) is 5.48. The Morgan fingerprint density at radius 1 is 1.17 bits per heavy atom. The number of benzene rings is 1. The third-order valence-electron chi connectivity index (χ3n) is 2.85. The van der Waals surface area contributed by atoms with Crippen LogP contribution in [0.1, 0.15) is 5.56 Å². The zero-order chi connectivity index (χ0) is 13.3. The van der Waals surface area contributed by atoms with Crippen LogP contribution in [-0.2, 0) is 7.05 Å². The number of hydrogen-bond donors (Lipinski definition) is 0. The molecule has 2 aromatic rings. The van der Waals surface area contributed by atoms with E-state index in [4.69, 9.17) is 4.74 Å². The Balaban J connectivity index is 2.67. The standard InChI is InChI=1S/C13H14N2O3/c1-9-8-10(18-3)4-5-11(9)15-7-6-12(16)14(2)13(15)17/h4-8H,1-3H3. The fraction of sp³-hybridized carbons (Fsp3) is 0.231. The summed E-state index contributed by atoms with van der Waals surface area (Å²) < 4.78 is 7.63. The fourth-order valence-electron chi connectivity index (χ4n) is 1.78. The third kappa shape index (κ3) is 1.95. The minimum Gasteiger partial charge on any atom is -0.497 e. The highest BCUT2D eigenvalue weighted by atomic mass is 16.5. The maximum Gasteiger partial charge on any atom is 0.335 e. The van der Waals surface area contributed by atoms with Gasteiger partial charge in [-0.1, -0.05) is 0 Å². The van der Waals surface area contributed by atoms with Crippen molar-refractivity contribution in [3.63, 3.8) is 0 Å². The highest BCUT2D eigenvalue weighted by molar-refractivity contribution is 5.44. The summed E-state index contributed by atoms with van der Waals surface area (Å²) in [7, 11) is 3.05. The lowest BCUT2D eigenvalue weighted by atomic mass is 10.2. The lowest BCUT2D eigenvalue weighted by Gasteiger charge is -2.11. The Labute approximate surface area is 104 Å². The first kappa shape index (κ1) is 12.2. The van der Waals surface area contributed by atoms with E-state index in [0.717, 1.165) is 21.6 Å². The number of aryl methyl sites for hydroxylation is 1. The topological polar surface area (TPSA) is 53.2 Å². The minimum atomic E-state index is -0.365. The second-order valence-electron chi connectivity index (χ2n) is 4.02. The summed E-state index contributed by atoms with van der Waals surface area (Å²) in [4.78, 5) is 23.3. The molecule has 0 radical (unpaired) electrons. The van der Waals surface area contributed by atoms with Gasteiger partial charge in [0.2, 0.25) is 0 Å². The van der Waals surface area contributed by atoms with Crippen molar-refractivity contribution in [3.05, 3.63) is 56.9 Å². The van der Waals surface area contributed by atoms with E-state index in [1.54, 1.807) is 19.2 Å². The molecule has 0 saturated carbocycles. The molecule has 1 aromatic carbocycles. The van der Waals surface area contributed by atoms with E-state index < -0.39 is 0 Å². The van der Waals surface area contributed by atoms with Gasteiger partial charge in [0.25, 0.3) is 5.56 Å². The molecular formula is C13H14N2O3. The van der Waals surface area contributed by atoms with Crippen molar-refractivity contribution in [2.45, 2.75) is 6.92 Å². The Bertz CT molecular complexity index is 698. The maximum atomic E-state index is 12.0. The van der Waals surface area contributed by atoms with Crippen molar-refractivity contribution in [2.75, 3.05) is 7.11 Å². The number of rotatable bonds is 2. The maximum absolute atomic E-state index is 12.0. The van der Waals surface area contributed by atoms with E-state index in [2.05, 4.69) is 0 Å². The molecule has 0 N–H and O–H groups in total. The van der Waals surface area contributed by atoms with Crippen LogP contribution in [0.25, 0.3) is 5.69 Å². The van der Waals surface area contributed by atoms with E-state index in [-0.39, 0.29) is 11.2 Å². The smallest absolute Gasteiger partial charge is 0.335 e. The van der Waals surface area contributed by atoms with Gasteiger partial charge in [-0.2, -0.15) is 0 Å². The van der Waals surface area contributed by atoms with Crippen molar-refractivity contribution < 1.29 is 4.74 Å². The summed E-state index contributed by atoms with van der Waals surface area (Å²) >= 11 is 0. The van der Waals surface area contributed by atoms with Gasteiger partial charge >= 0.3 is 5.69 Å². The van der Waals surface area contributed by atoms with Crippen LogP contribution in [0.3, 0.4) is 0 Å². The number of ether oxygens (including phenoxy) is 1. The van der Waals surface area contributed by atoms with E-state index in [9.17, 15) is 9.59 Å². The summed E-state index contributed by atoms with van der Waals surface area (Å²) in [5, 5.41) is 0. The zero-order valence-corrected chi connectivity index (χ0v) is 10.5. The number of methoxy groups -OCH3 is 1. The molecule has 5 nitrogen and oxygen atoms in total. The molecule has 5 heteroatoms. The van der Waals surface area contributed by atoms with E-state index >= 15 is 0 Å². The minimum absolute atomic E-state index is 0.317. The highest BCUT2D eigenvalue weighted by Crippen LogP contribution is 2.18. The molecule has 0 fully saturated rings. The Morgan fingerprint density at radius 2 is 1.89 bits per heavy atom. The third-order valence-corrected chi connectivity index (χ3v) is 2.85. The average molecular weight is 246 g/mol. The molecule has 0 aliphatic heterocycles. The van der Waals surface area contributed by atoms with Crippen LogP contribution in [0.2, 0.25) is 0 Å². The summed E-state index contributed by atoms with van der Waals surface area (Å²) in [6.45, 7) is 1.88. The molecule has 0 spiro atoms. The number of nitrogens with zero attached hydrogens (tertiary/aromatic N) is 2. The Kier molecular flexibility index (Phi) is 3.06. The lowest BCUT2D eigenvalue weighted by Crippen LogP contribution is -2.36. The Morgan fingerprint density at radius 3 is 2.50 bits per heavy atom. The monoisotopic (exact) mass is 246 g/mol. The first-order valence-corrected chi connectivity index (χ1v) is 5.48. The van der Waals surface area contributed by atoms with Crippen molar-refractivity contribution in [3.8, 4) is 11.4 Å². The summed E-state index contributed by atoms with van der Waals surface area (Å²) in [5.74, 6) is 0.731. The molecule has 94 valence electrons. The van der Waals surface area contributed by atoms with E-state index in [1.807, 2.05) is 13.0 Å². The van der Waals surface area contributed by atoms with Gasteiger partial charge in [-0.3, -0.25) is 13.9 Å². The van der Waals surface area contributed by atoms with Crippen LogP contribution in [0.15, 0.2) is 40.1 Å². The number of aromatic nitrogens is 2. The van der Waals surface area contributed by atoms with Crippen LogP contribution in [0.5, 0.6) is 5.75 Å². The summed E-state index contributed by atoms with van der Waals surface area (Å²) in [6.07, 6.45) is 1.49. The second-order valence-corrected chi connectivity index (χ2v) is 4.02. The van der Waals surface area contributed by atoms with Gasteiger partial charge < -0.3 is 4.74 Å². The molecule has 0 unspecified atom stereocenters. The average Bonchev–Trinajstić information content (AvgIpc) is 2.37. The van der Waals surface area contributed by atoms with Crippen LogP contribution in [0, 0.1) is 6.92 Å². The predicted octanol–water partition coefficient (Wildman–Crippen LogP) is 0.853. The Hall–Kier alpha value is -2.30. The molecule has 2 rings (SSSR count). The van der Waals surface area contributed by atoms with Crippen LogP contribution in [-0.4, -0.2) is 16.2 Å². The second kappa shape index (κ2) is 4.52. The molecule has 0 bridgehead atoms. The summed E-state index contributed by atoms with van der Waals surface area (Å²) in [6, 6.07) is 6.78. The van der Waals surface area contributed by atoms with E-state index in [0.29, 0.717) is 0 Å². The quantitative estimate of drug-likeness (QED) is 0.789. The van der Waals surface area contributed by atoms with Gasteiger partial charge in [0.15, 0.2) is 0 Å². The van der Waals surface area contributed by atoms with Crippen LogP contribution < -0.4 is 16.0 Å². The summed E-state index contributed by atoms with van der Waals surface area (Å²) in [5.41, 5.74) is 0.949. The van der Waals surface area contributed by atoms with Crippen molar-refractivity contribution in [1.29, 1.82) is 0 Å². The van der Waals surface area contributed by atoms with Gasteiger partial charge in [0.1, 0.15) is 5.75 Å². The van der Waals surface area contributed by atoms with Gasteiger partial charge in [-0.15, -0.1) is 0 Å². The first-order chi connectivity index (χ1) is 8.54. The normalized spacial score (nSPS) is 10.4. The van der Waals surface area contributed by atoms with Gasteiger partial charge in [0.05, 0.1) is 12.8 Å². The van der Waals surface area contributed by atoms with Gasteiger partial charge in [0, 0.05) is 19.3 Å². The molecule has 0 amide bonds. The van der Waals surface area contributed by atoms with Crippen LogP contribution in [0.4, 0.5) is 0 Å². The van der Waals surface area contributed by atoms with Crippen LogP contribution >= 0.6 is 0 Å². The zero-order valence-electron chi connectivity index (χ0n) is 10.5. The molecule has 1 aromatic heterocycles. The van der Waals surface area contributed by atoms with Gasteiger partial charge in [-0.25, -0.2) is 4.79 Å². The number of hydrogen-bond acceptors (Lipinski definition) is 3. The molecule has 0 saturated heterocycles. The lowest BCUT2D eigenvalue weighted by molar-refractivity contribution is 0.414. The van der Waals surface area contributed by atoms with E-state index in [1.165, 1.54) is 23.9 Å². The van der Waals surface area contributed by atoms with Gasteiger partial charge in [-0.05, 0) is 30.7 Å². The van der Waals surface area contributed by atoms with Crippen molar-refractivity contribution >= 4 is 0 Å². The SMILES string of the molecule is COc1ccc(-n2ccc(=O)n(C)c2=O)c(C)c1. The molecule has 1 heterocycles. The molecule has 0 atom stereocenters. The molecule has 0 aliphatic carbocycles. The molecular weight excluding hydrogens is 232 g/mol. The molecule has 0 aliphatic rings. The highest BCUT2D eigenvalue weighted by Gasteiger charge is 2.07. The fourth-order valence-corrected chi connectivity index (χ4v) is 1.78. The molecule has 18 heavy (non-hydrogen) atoms. The largest absolute Gasteiger partial charge is 0.497 e. The van der Waals surface area contributed by atoms with Crippen molar-refractivity contribution in [2.24, 2.45) is 7.05 Å². The predicted molar refractivity (Wildman–Crippen MR) is 68.6 cm³/mol. The van der Waals surface area contributed by atoms with Crippen molar-refractivity contribution in [1.82, 2.24) is 9.13 Å².